The molecule has 3 N–H and O–H groups in total. The number of carboxylic acid groups (broad SMARTS) is 1. The average Bonchev–Trinajstić information content (AvgIpc) is 3.66. The highest BCUT2D eigenvalue weighted by molar-refractivity contribution is 6.31. The molecule has 3 aromatic heterocycles. The van der Waals surface area contributed by atoms with Gasteiger partial charge in [-0.3, -0.25) is 19.3 Å². The Balaban J connectivity index is 1.33. The summed E-state index contributed by atoms with van der Waals surface area (Å²) in [6.07, 6.45) is 3.41. The lowest BCUT2D eigenvalue weighted by Gasteiger charge is -2.17. The zero-order valence-electron chi connectivity index (χ0n) is 22.9. The molecule has 0 aliphatic carbocycles. The van der Waals surface area contributed by atoms with Crippen molar-refractivity contribution in [3.63, 3.8) is 0 Å². The minimum atomic E-state index is -1.01. The van der Waals surface area contributed by atoms with E-state index >= 15 is 0 Å². The molecule has 0 radical (unpaired) electrons. The van der Waals surface area contributed by atoms with Gasteiger partial charge in [0.1, 0.15) is 5.69 Å². The molecular formula is C30H29ClN8O3. The molecule has 214 valence electrons. The number of pyridine rings is 1. The van der Waals surface area contributed by atoms with Crippen LogP contribution in [0.25, 0.3) is 22.5 Å². The third kappa shape index (κ3) is 6.87. The SMILES string of the molecule is CCCc1cc(C(=O)NC(CC(=O)O)Cc2ccccc2Cl)nn1Cc1ccc(-c2ccccc2-c2nnn[nH]2)cn1. The quantitative estimate of drug-likeness (QED) is 0.192. The van der Waals surface area contributed by atoms with E-state index in [9.17, 15) is 14.7 Å². The summed E-state index contributed by atoms with van der Waals surface area (Å²) >= 11 is 6.28. The molecule has 0 bridgehead atoms. The molecule has 11 nitrogen and oxygen atoms in total. The Morgan fingerprint density at radius 1 is 1.07 bits per heavy atom. The molecule has 2 aromatic carbocycles. The molecule has 5 aromatic rings. The molecule has 0 aliphatic heterocycles. The first kappa shape index (κ1) is 28.6. The smallest absolute Gasteiger partial charge is 0.305 e. The highest BCUT2D eigenvalue weighted by Crippen LogP contribution is 2.29. The lowest BCUT2D eigenvalue weighted by atomic mass is 10.0. The molecule has 1 atom stereocenters. The van der Waals surface area contributed by atoms with E-state index in [1.165, 1.54) is 0 Å². The molecule has 3 heterocycles. The Hall–Kier alpha value is -4.90. The van der Waals surface area contributed by atoms with Gasteiger partial charge in [0.15, 0.2) is 5.82 Å². The summed E-state index contributed by atoms with van der Waals surface area (Å²) in [5.74, 6) is -0.885. The molecular weight excluding hydrogens is 556 g/mol. The predicted octanol–water partition coefficient (Wildman–Crippen LogP) is 4.60. The fourth-order valence-corrected chi connectivity index (χ4v) is 4.99. The van der Waals surface area contributed by atoms with Crippen molar-refractivity contribution in [2.75, 3.05) is 0 Å². The van der Waals surface area contributed by atoms with Crippen LogP contribution in [-0.2, 0) is 24.2 Å². The number of aliphatic carboxylic acids is 1. The maximum absolute atomic E-state index is 13.2. The van der Waals surface area contributed by atoms with Crippen molar-refractivity contribution in [1.82, 2.24) is 40.7 Å². The van der Waals surface area contributed by atoms with Gasteiger partial charge in [-0.15, -0.1) is 5.10 Å². The molecule has 12 heteroatoms. The van der Waals surface area contributed by atoms with Gasteiger partial charge in [0.05, 0.1) is 18.7 Å². The maximum Gasteiger partial charge on any atom is 0.305 e. The van der Waals surface area contributed by atoms with Gasteiger partial charge in [-0.25, -0.2) is 5.10 Å². The molecule has 5 rings (SSSR count). The van der Waals surface area contributed by atoms with E-state index in [-0.39, 0.29) is 18.5 Å². The molecule has 0 saturated carbocycles. The number of carboxylic acids is 1. The zero-order chi connectivity index (χ0) is 29.5. The second-order valence-corrected chi connectivity index (χ2v) is 10.2. The fraction of sp³-hybridized carbons (Fsp3) is 0.233. The van der Waals surface area contributed by atoms with Crippen molar-refractivity contribution < 1.29 is 14.7 Å². The summed E-state index contributed by atoms with van der Waals surface area (Å²) < 4.78 is 1.77. The van der Waals surface area contributed by atoms with Crippen molar-refractivity contribution in [3.05, 3.63) is 101 Å². The van der Waals surface area contributed by atoms with Gasteiger partial charge in [0.25, 0.3) is 5.91 Å². The third-order valence-corrected chi connectivity index (χ3v) is 7.13. The van der Waals surface area contributed by atoms with Crippen LogP contribution in [0.3, 0.4) is 0 Å². The minimum absolute atomic E-state index is 0.221. The van der Waals surface area contributed by atoms with Gasteiger partial charge in [0.2, 0.25) is 0 Å². The van der Waals surface area contributed by atoms with Gasteiger partial charge in [-0.1, -0.05) is 73.5 Å². The second kappa shape index (κ2) is 13.2. The number of halogens is 1. The third-order valence-electron chi connectivity index (χ3n) is 6.76. The summed E-state index contributed by atoms with van der Waals surface area (Å²) in [5, 5.41) is 31.6. The number of tetrazole rings is 1. The Morgan fingerprint density at radius 3 is 2.55 bits per heavy atom. The maximum atomic E-state index is 13.2. The molecule has 0 spiro atoms. The van der Waals surface area contributed by atoms with E-state index in [2.05, 4.69) is 42.9 Å². The van der Waals surface area contributed by atoms with Crippen molar-refractivity contribution in [1.29, 1.82) is 0 Å². The van der Waals surface area contributed by atoms with Gasteiger partial charge >= 0.3 is 5.97 Å². The van der Waals surface area contributed by atoms with Crippen LogP contribution in [-0.4, -0.2) is 58.4 Å². The highest BCUT2D eigenvalue weighted by atomic mass is 35.5. The van der Waals surface area contributed by atoms with Crippen LogP contribution < -0.4 is 5.32 Å². The lowest BCUT2D eigenvalue weighted by molar-refractivity contribution is -0.137. The monoisotopic (exact) mass is 584 g/mol. The number of carbonyl (C=O) groups excluding carboxylic acids is 1. The first-order chi connectivity index (χ1) is 20.4. The highest BCUT2D eigenvalue weighted by Gasteiger charge is 2.22. The Bertz CT molecular complexity index is 1670. The van der Waals surface area contributed by atoms with Crippen LogP contribution in [0.1, 0.15) is 47.2 Å². The van der Waals surface area contributed by atoms with Gasteiger partial charge in [-0.05, 0) is 52.6 Å². The summed E-state index contributed by atoms with van der Waals surface area (Å²) in [6.45, 7) is 2.42. The Labute approximate surface area is 247 Å². The average molecular weight is 585 g/mol. The van der Waals surface area contributed by atoms with Gasteiger partial charge in [0, 0.05) is 34.1 Å². The number of carbonyl (C=O) groups is 2. The van der Waals surface area contributed by atoms with Crippen molar-refractivity contribution in [2.45, 2.75) is 45.2 Å². The summed E-state index contributed by atoms with van der Waals surface area (Å²) in [4.78, 5) is 29.4. The number of nitrogens with one attached hydrogen (secondary N) is 2. The lowest BCUT2D eigenvalue weighted by Crippen LogP contribution is -2.38. The first-order valence-corrected chi connectivity index (χ1v) is 13.9. The Kier molecular flexibility index (Phi) is 8.98. The van der Waals surface area contributed by atoms with Crippen molar-refractivity contribution in [3.8, 4) is 22.5 Å². The largest absolute Gasteiger partial charge is 0.481 e. The van der Waals surface area contributed by atoms with Crippen LogP contribution in [0.2, 0.25) is 5.02 Å². The van der Waals surface area contributed by atoms with Crippen LogP contribution in [0.15, 0.2) is 72.9 Å². The zero-order valence-corrected chi connectivity index (χ0v) is 23.6. The van der Waals surface area contributed by atoms with Crippen LogP contribution in [0.5, 0.6) is 0 Å². The molecule has 0 saturated heterocycles. The topological polar surface area (TPSA) is 152 Å². The fourth-order valence-electron chi connectivity index (χ4n) is 4.78. The van der Waals surface area contributed by atoms with Crippen LogP contribution >= 0.6 is 11.6 Å². The normalized spacial score (nSPS) is 11.8. The molecule has 1 amide bonds. The van der Waals surface area contributed by atoms with E-state index in [0.717, 1.165) is 46.5 Å². The summed E-state index contributed by atoms with van der Waals surface area (Å²) in [7, 11) is 0. The molecule has 42 heavy (non-hydrogen) atoms. The standard InChI is InChI=1S/C30H29ClN8O3/c1-2-7-23-16-27(30(42)33-22(15-28(40)41)14-19-8-3-6-11-26(19)31)36-39(23)18-21-13-12-20(17-32-21)24-9-4-5-10-25(24)29-34-37-38-35-29/h3-6,8-13,16-17,22H,2,7,14-15,18H2,1H3,(H,33,42)(H,40,41)(H,34,35,37,38). The Morgan fingerprint density at radius 2 is 1.86 bits per heavy atom. The van der Waals surface area contributed by atoms with E-state index in [4.69, 9.17) is 11.6 Å². The molecule has 0 aliphatic rings. The van der Waals surface area contributed by atoms with E-state index in [1.807, 2.05) is 48.5 Å². The number of benzene rings is 2. The van der Waals surface area contributed by atoms with Crippen molar-refractivity contribution in [2.24, 2.45) is 0 Å². The van der Waals surface area contributed by atoms with Crippen LogP contribution in [0.4, 0.5) is 0 Å². The number of aryl methyl sites for hydroxylation is 1. The first-order valence-electron chi connectivity index (χ1n) is 13.5. The van der Waals surface area contributed by atoms with Gasteiger partial charge in [-0.2, -0.15) is 5.10 Å². The second-order valence-electron chi connectivity index (χ2n) is 9.83. The number of nitrogens with zero attached hydrogens (tertiary/aromatic N) is 6. The number of amides is 1. The van der Waals surface area contributed by atoms with E-state index in [0.29, 0.717) is 17.4 Å². The number of hydrogen-bond acceptors (Lipinski definition) is 7. The summed E-state index contributed by atoms with van der Waals surface area (Å²) in [6, 6.07) is 20.0. The number of aromatic nitrogens is 7. The number of aromatic amines is 1. The number of H-pyrrole nitrogens is 1. The molecule has 0 fully saturated rings. The van der Waals surface area contributed by atoms with E-state index < -0.39 is 17.9 Å². The van der Waals surface area contributed by atoms with Crippen molar-refractivity contribution >= 4 is 23.5 Å². The predicted molar refractivity (Wildman–Crippen MR) is 157 cm³/mol. The van der Waals surface area contributed by atoms with E-state index in [1.54, 1.807) is 29.1 Å². The minimum Gasteiger partial charge on any atom is -0.481 e. The number of rotatable bonds is 12. The van der Waals surface area contributed by atoms with Crippen LogP contribution in [0, 0.1) is 0 Å². The molecule has 1 unspecified atom stereocenters. The number of hydrogen-bond donors (Lipinski definition) is 3. The van der Waals surface area contributed by atoms with Gasteiger partial charge < -0.3 is 10.4 Å². The summed E-state index contributed by atoms with van der Waals surface area (Å²) in [5.41, 5.74) is 5.35.